The van der Waals surface area contributed by atoms with Gasteiger partial charge in [-0.15, -0.1) is 0 Å². The molecule has 0 saturated carbocycles. The quantitative estimate of drug-likeness (QED) is 0.164. The Hall–Kier alpha value is -6.10. The minimum atomic E-state index is -0.165. The number of hydrogen-bond donors (Lipinski definition) is 2. The summed E-state index contributed by atoms with van der Waals surface area (Å²) in [5.74, 6) is 2.93. The molecule has 52 heavy (non-hydrogen) atoms. The third kappa shape index (κ3) is 4.65. The number of methoxy groups -OCH3 is 4. The second-order valence-electron chi connectivity index (χ2n) is 13.0. The molecule has 0 spiro atoms. The first-order valence-electron chi connectivity index (χ1n) is 17.1. The second kappa shape index (κ2) is 12.3. The van der Waals surface area contributed by atoms with Gasteiger partial charge >= 0.3 is 0 Å². The summed E-state index contributed by atoms with van der Waals surface area (Å²) >= 11 is 0. The van der Waals surface area contributed by atoms with Gasteiger partial charge in [0, 0.05) is 75.5 Å². The second-order valence-corrected chi connectivity index (χ2v) is 13.0. The van der Waals surface area contributed by atoms with Crippen molar-refractivity contribution in [3.63, 3.8) is 0 Å². The summed E-state index contributed by atoms with van der Waals surface area (Å²) in [7, 11) is 6.72. The van der Waals surface area contributed by atoms with Crippen molar-refractivity contribution in [2.75, 3.05) is 43.1 Å². The lowest BCUT2D eigenvalue weighted by Crippen LogP contribution is -2.65. The Balaban J connectivity index is 1.44. The predicted octanol–water partition coefficient (Wildman–Crippen LogP) is 6.57. The zero-order chi connectivity index (χ0) is 35.7. The minimum absolute atomic E-state index is 0.0526. The molecule has 0 saturated heterocycles. The van der Waals surface area contributed by atoms with E-state index in [1.54, 1.807) is 28.4 Å². The van der Waals surface area contributed by atoms with Crippen molar-refractivity contribution >= 4 is 74.3 Å². The monoisotopic (exact) mass is 689 g/mol. The van der Waals surface area contributed by atoms with Crippen LogP contribution in [0.3, 0.4) is 0 Å². The van der Waals surface area contributed by atoms with Crippen molar-refractivity contribution < 1.29 is 29.2 Å². The maximum atomic E-state index is 10.8. The van der Waals surface area contributed by atoms with Crippen LogP contribution in [-0.4, -0.2) is 45.4 Å². The lowest BCUT2D eigenvalue weighted by molar-refractivity contribution is 0.281. The zero-order valence-corrected chi connectivity index (χ0v) is 29.3. The number of nitrogens with zero attached hydrogens (tertiary/aromatic N) is 3. The largest absolute Gasteiger partial charge is 0.497 e. The number of aliphatic hydroxyl groups excluding tert-OH is 2. The van der Waals surface area contributed by atoms with Gasteiger partial charge in [-0.2, -0.15) is 0 Å². The van der Waals surface area contributed by atoms with Crippen LogP contribution in [0.5, 0.6) is 23.0 Å². The van der Waals surface area contributed by atoms with Crippen LogP contribution in [-0.2, 0) is 13.2 Å². The number of rotatable bonds is 9. The van der Waals surface area contributed by atoms with E-state index < -0.39 is 0 Å². The van der Waals surface area contributed by atoms with E-state index in [1.165, 1.54) is 0 Å². The molecule has 0 unspecified atom stereocenters. The Morgan fingerprint density at radius 2 is 0.712 bits per heavy atom. The van der Waals surface area contributed by atoms with Gasteiger partial charge in [0.25, 0.3) is 6.71 Å². The first kappa shape index (κ1) is 31.9. The van der Waals surface area contributed by atoms with Gasteiger partial charge in [0.15, 0.2) is 0 Å². The summed E-state index contributed by atoms with van der Waals surface area (Å²) in [6, 6.07) is 36.7. The van der Waals surface area contributed by atoms with E-state index in [0.717, 1.165) is 90.2 Å². The van der Waals surface area contributed by atoms with E-state index in [2.05, 4.69) is 75.4 Å². The fourth-order valence-corrected chi connectivity index (χ4v) is 8.07. The van der Waals surface area contributed by atoms with Crippen LogP contribution < -0.4 is 50.0 Å². The molecule has 0 bridgehead atoms. The summed E-state index contributed by atoms with van der Waals surface area (Å²) in [6.07, 6.45) is 0. The van der Waals surface area contributed by atoms with Crippen molar-refractivity contribution in [3.8, 4) is 23.0 Å². The SMILES string of the molecule is COc1ccc(N2c3cc(CO)cc4c3B3c5c(cc(OC)cc5N(c5ccc(OC)cc5)c5cc(OC)cc2c53)N4c2ccc(CO)cc2)cc1. The van der Waals surface area contributed by atoms with Gasteiger partial charge in [-0.25, -0.2) is 0 Å². The molecule has 0 fully saturated rings. The van der Waals surface area contributed by atoms with Crippen molar-refractivity contribution in [1.82, 2.24) is 0 Å². The zero-order valence-electron chi connectivity index (χ0n) is 29.3. The molecule has 258 valence electrons. The molecule has 3 heterocycles. The van der Waals surface area contributed by atoms with Crippen molar-refractivity contribution in [2.45, 2.75) is 13.2 Å². The first-order chi connectivity index (χ1) is 25.5. The highest BCUT2D eigenvalue weighted by Gasteiger charge is 2.50. The van der Waals surface area contributed by atoms with Gasteiger partial charge in [-0.05, 0) is 100 Å². The summed E-state index contributed by atoms with van der Waals surface area (Å²) < 4.78 is 23.2. The van der Waals surface area contributed by atoms with E-state index in [4.69, 9.17) is 18.9 Å². The van der Waals surface area contributed by atoms with Crippen molar-refractivity contribution in [1.29, 1.82) is 0 Å². The van der Waals surface area contributed by atoms with Crippen LogP contribution in [0.15, 0.2) is 109 Å². The number of ether oxygens (including phenoxy) is 4. The smallest absolute Gasteiger partial charge is 0.257 e. The minimum Gasteiger partial charge on any atom is -0.497 e. The molecular weight excluding hydrogens is 653 g/mol. The number of hydrogen-bond acceptors (Lipinski definition) is 9. The van der Waals surface area contributed by atoms with Crippen LogP contribution in [0.2, 0.25) is 0 Å². The topological polar surface area (TPSA) is 87.1 Å². The van der Waals surface area contributed by atoms with Gasteiger partial charge in [-0.1, -0.05) is 12.1 Å². The van der Waals surface area contributed by atoms with Gasteiger partial charge < -0.3 is 43.9 Å². The predicted molar refractivity (Wildman–Crippen MR) is 207 cm³/mol. The van der Waals surface area contributed by atoms with Crippen LogP contribution >= 0.6 is 0 Å². The molecule has 0 aliphatic carbocycles. The Labute approximate surface area is 302 Å². The third-order valence-electron chi connectivity index (χ3n) is 10.4. The maximum Gasteiger partial charge on any atom is 0.257 e. The maximum absolute atomic E-state index is 10.8. The fourth-order valence-electron chi connectivity index (χ4n) is 8.07. The van der Waals surface area contributed by atoms with Gasteiger partial charge in [0.2, 0.25) is 0 Å². The molecule has 0 atom stereocenters. The molecule has 10 heteroatoms. The molecule has 9 rings (SSSR count). The average Bonchev–Trinajstić information content (AvgIpc) is 3.20. The van der Waals surface area contributed by atoms with Gasteiger partial charge in [0.05, 0.1) is 41.7 Å². The summed E-state index contributed by atoms with van der Waals surface area (Å²) in [5, 5.41) is 20.7. The van der Waals surface area contributed by atoms with Crippen LogP contribution in [0, 0.1) is 0 Å². The fraction of sp³-hybridized carbons (Fsp3) is 0.143. The van der Waals surface area contributed by atoms with Crippen molar-refractivity contribution in [2.24, 2.45) is 0 Å². The Kier molecular flexibility index (Phi) is 7.53. The van der Waals surface area contributed by atoms with Crippen LogP contribution in [0.25, 0.3) is 0 Å². The van der Waals surface area contributed by atoms with E-state index in [1.807, 2.05) is 48.5 Å². The molecule has 0 radical (unpaired) electrons. The number of aliphatic hydroxyl groups is 2. The summed E-state index contributed by atoms with van der Waals surface area (Å²) in [6.45, 7) is -0.360. The first-order valence-corrected chi connectivity index (χ1v) is 17.1. The lowest BCUT2D eigenvalue weighted by Gasteiger charge is -2.49. The highest BCUT2D eigenvalue weighted by Crippen LogP contribution is 2.52. The molecule has 3 aliphatic heterocycles. The standard InChI is InChI=1S/C42H36BN3O6/c1-49-30-13-9-28(10-14-30)45-35-18-26(24-48)17-34-40(35)43-41-36(44(34)27-7-5-25(23-47)6-8-27)19-32(51-3)21-38(41)46(29-11-15-31(50-2)16-12-29)39-22-33(52-4)20-37(45)42(39)43/h5-22,47-48H,23-24H2,1-4H3. The van der Waals surface area contributed by atoms with E-state index in [9.17, 15) is 10.2 Å². The normalized spacial score (nSPS) is 13.2. The third-order valence-corrected chi connectivity index (χ3v) is 10.4. The van der Waals surface area contributed by atoms with Gasteiger partial charge in [-0.3, -0.25) is 0 Å². The van der Waals surface area contributed by atoms with Crippen molar-refractivity contribution in [3.05, 3.63) is 120 Å². The van der Waals surface area contributed by atoms with E-state index in [-0.39, 0.29) is 19.9 Å². The number of benzene rings is 6. The highest BCUT2D eigenvalue weighted by molar-refractivity contribution is 7.02. The van der Waals surface area contributed by atoms with Crippen LogP contribution in [0.4, 0.5) is 51.2 Å². The highest BCUT2D eigenvalue weighted by atomic mass is 16.5. The lowest BCUT2D eigenvalue weighted by atomic mass is 9.31. The Morgan fingerprint density at radius 3 is 1.02 bits per heavy atom. The Morgan fingerprint density at radius 1 is 0.404 bits per heavy atom. The molecular formula is C42H36BN3O6. The average molecular weight is 690 g/mol. The van der Waals surface area contributed by atoms with Gasteiger partial charge in [0.1, 0.15) is 23.0 Å². The van der Waals surface area contributed by atoms with E-state index >= 15 is 0 Å². The molecule has 6 aromatic rings. The molecule has 0 amide bonds. The summed E-state index contributed by atoms with van der Waals surface area (Å²) in [5.41, 5.74) is 13.6. The molecule has 0 aromatic heterocycles. The number of anilines is 9. The molecule has 6 aromatic carbocycles. The molecule has 3 aliphatic rings. The van der Waals surface area contributed by atoms with Crippen LogP contribution in [0.1, 0.15) is 11.1 Å². The molecule has 9 nitrogen and oxygen atoms in total. The van der Waals surface area contributed by atoms with E-state index in [0.29, 0.717) is 11.5 Å². The summed E-state index contributed by atoms with van der Waals surface area (Å²) in [4.78, 5) is 6.82. The Bertz CT molecular complexity index is 2010. The molecule has 2 N–H and O–H groups in total.